The summed E-state index contributed by atoms with van der Waals surface area (Å²) in [6, 6.07) is 7.83. The van der Waals surface area contributed by atoms with Crippen LogP contribution in [0.25, 0.3) is 11.0 Å². The summed E-state index contributed by atoms with van der Waals surface area (Å²) in [7, 11) is 3.81. The quantitative estimate of drug-likeness (QED) is 0.707. The first-order valence-electron chi connectivity index (χ1n) is 9.50. The van der Waals surface area contributed by atoms with Crippen LogP contribution in [-0.2, 0) is 27.2 Å². The number of hydrogen-bond acceptors (Lipinski definition) is 5. The number of aromatic nitrogens is 5. The standard InChI is InChI=1S/C19H25N7O2/c1-24-15-8-4-3-7-14(15)21-16(24)10-20-19(28)26-9-5-6-13(11-26)18-23-22-17(12-27)25(18)2/h3-4,7-8,13,27H,5-6,9-12H2,1-2H3,(H,20,28)/t13-/m1/s1. The monoisotopic (exact) mass is 383 g/mol. The van der Waals surface area contributed by atoms with Crippen molar-refractivity contribution in [3.05, 3.63) is 41.7 Å². The number of piperidine rings is 1. The Kier molecular flexibility index (Phi) is 4.99. The molecule has 1 aromatic carbocycles. The molecule has 0 saturated carbocycles. The van der Waals surface area contributed by atoms with E-state index in [2.05, 4.69) is 20.5 Å². The summed E-state index contributed by atoms with van der Waals surface area (Å²) in [6.45, 7) is 1.55. The van der Waals surface area contributed by atoms with Gasteiger partial charge in [-0.2, -0.15) is 0 Å². The molecular formula is C19H25N7O2. The van der Waals surface area contributed by atoms with Crippen LogP contribution in [0, 0.1) is 0 Å². The molecule has 3 heterocycles. The third-order valence-corrected chi connectivity index (χ3v) is 5.49. The Bertz CT molecular complexity index is 993. The maximum atomic E-state index is 12.7. The molecule has 3 aromatic rings. The van der Waals surface area contributed by atoms with Gasteiger partial charge in [0, 0.05) is 33.1 Å². The van der Waals surface area contributed by atoms with E-state index in [4.69, 9.17) is 0 Å². The highest BCUT2D eigenvalue weighted by Crippen LogP contribution is 2.25. The number of aliphatic hydroxyl groups excluding tert-OH is 1. The van der Waals surface area contributed by atoms with Crippen molar-refractivity contribution in [3.63, 3.8) is 0 Å². The number of hydrogen-bond donors (Lipinski definition) is 2. The Morgan fingerprint density at radius 2 is 2.04 bits per heavy atom. The number of imidazole rings is 1. The molecule has 1 aliphatic rings. The maximum absolute atomic E-state index is 12.7. The molecule has 2 N–H and O–H groups in total. The van der Waals surface area contributed by atoms with Gasteiger partial charge in [-0.1, -0.05) is 12.1 Å². The SMILES string of the molecule is Cn1c(CO)nnc1[C@@H]1CCCN(C(=O)NCc2nc3ccccc3n2C)C1. The highest BCUT2D eigenvalue weighted by Gasteiger charge is 2.28. The highest BCUT2D eigenvalue weighted by molar-refractivity contribution is 5.76. The molecule has 1 atom stereocenters. The molecule has 0 aliphatic carbocycles. The number of nitrogens with one attached hydrogen (secondary N) is 1. The average Bonchev–Trinajstić information content (AvgIpc) is 3.26. The van der Waals surface area contributed by atoms with Gasteiger partial charge in [0.1, 0.15) is 18.3 Å². The van der Waals surface area contributed by atoms with Crippen LogP contribution in [0.2, 0.25) is 0 Å². The summed E-state index contributed by atoms with van der Waals surface area (Å²) in [4.78, 5) is 19.1. The predicted octanol–water partition coefficient (Wildman–Crippen LogP) is 1.28. The van der Waals surface area contributed by atoms with Gasteiger partial charge >= 0.3 is 6.03 Å². The van der Waals surface area contributed by atoms with Gasteiger partial charge in [0.25, 0.3) is 0 Å². The molecule has 0 unspecified atom stereocenters. The maximum Gasteiger partial charge on any atom is 0.317 e. The third-order valence-electron chi connectivity index (χ3n) is 5.49. The third kappa shape index (κ3) is 3.33. The summed E-state index contributed by atoms with van der Waals surface area (Å²) >= 11 is 0. The predicted molar refractivity (Wildman–Crippen MR) is 103 cm³/mol. The summed E-state index contributed by atoms with van der Waals surface area (Å²) in [5.74, 6) is 2.30. The van der Waals surface area contributed by atoms with Gasteiger partial charge in [-0.25, -0.2) is 9.78 Å². The molecule has 9 nitrogen and oxygen atoms in total. The number of carbonyl (C=O) groups is 1. The summed E-state index contributed by atoms with van der Waals surface area (Å²) in [5.41, 5.74) is 1.97. The van der Waals surface area contributed by atoms with Crippen LogP contribution >= 0.6 is 0 Å². The summed E-state index contributed by atoms with van der Waals surface area (Å²) in [5, 5.41) is 20.5. The molecule has 2 aromatic heterocycles. The number of amides is 2. The van der Waals surface area contributed by atoms with E-state index in [1.54, 1.807) is 0 Å². The number of aliphatic hydroxyl groups is 1. The van der Waals surface area contributed by atoms with Gasteiger partial charge in [0.2, 0.25) is 0 Å². The Balaban J connectivity index is 1.41. The average molecular weight is 383 g/mol. The molecule has 9 heteroatoms. The number of aryl methyl sites for hydroxylation is 1. The van der Waals surface area contributed by atoms with E-state index in [0.717, 1.165) is 42.1 Å². The Labute approximate surface area is 163 Å². The van der Waals surface area contributed by atoms with Crippen LogP contribution < -0.4 is 5.32 Å². The number of para-hydroxylation sites is 2. The lowest BCUT2D eigenvalue weighted by Crippen LogP contribution is -2.45. The zero-order valence-corrected chi connectivity index (χ0v) is 16.2. The van der Waals surface area contributed by atoms with Gasteiger partial charge in [-0.05, 0) is 25.0 Å². The molecule has 28 heavy (non-hydrogen) atoms. The van der Waals surface area contributed by atoms with Crippen LogP contribution in [0.15, 0.2) is 24.3 Å². The van der Waals surface area contributed by atoms with Crippen LogP contribution in [0.4, 0.5) is 4.79 Å². The van der Waals surface area contributed by atoms with E-state index in [1.807, 2.05) is 52.4 Å². The van der Waals surface area contributed by atoms with E-state index in [1.165, 1.54) is 0 Å². The number of urea groups is 1. The minimum atomic E-state index is -0.140. The highest BCUT2D eigenvalue weighted by atomic mass is 16.3. The van der Waals surface area contributed by atoms with Crippen molar-refractivity contribution >= 4 is 17.1 Å². The summed E-state index contributed by atoms with van der Waals surface area (Å²) in [6.07, 6.45) is 1.86. The van der Waals surface area contributed by atoms with Crippen molar-refractivity contribution in [3.8, 4) is 0 Å². The normalized spacial score (nSPS) is 17.2. The van der Waals surface area contributed by atoms with Crippen LogP contribution in [0.3, 0.4) is 0 Å². The number of likely N-dealkylation sites (tertiary alicyclic amines) is 1. The number of rotatable bonds is 4. The van der Waals surface area contributed by atoms with Crippen molar-refractivity contribution < 1.29 is 9.90 Å². The van der Waals surface area contributed by atoms with Crippen molar-refractivity contribution in [1.82, 2.24) is 34.5 Å². The molecule has 1 fully saturated rings. The van der Waals surface area contributed by atoms with Crippen LogP contribution in [-0.4, -0.2) is 53.4 Å². The second kappa shape index (κ2) is 7.59. The molecule has 2 amide bonds. The lowest BCUT2D eigenvalue weighted by molar-refractivity contribution is 0.177. The van der Waals surface area contributed by atoms with Gasteiger partial charge in [-0.3, -0.25) is 0 Å². The molecule has 1 aliphatic heterocycles. The molecule has 148 valence electrons. The Hall–Kier alpha value is -2.94. The van der Waals surface area contributed by atoms with Crippen LogP contribution in [0.5, 0.6) is 0 Å². The topological polar surface area (TPSA) is 101 Å². The van der Waals surface area contributed by atoms with Gasteiger partial charge in [-0.15, -0.1) is 10.2 Å². The summed E-state index contributed by atoms with van der Waals surface area (Å²) < 4.78 is 3.83. The Morgan fingerprint density at radius 3 is 2.79 bits per heavy atom. The number of nitrogens with zero attached hydrogens (tertiary/aromatic N) is 6. The van der Waals surface area contributed by atoms with Crippen molar-refractivity contribution in [2.75, 3.05) is 13.1 Å². The zero-order chi connectivity index (χ0) is 19.7. The lowest BCUT2D eigenvalue weighted by Gasteiger charge is -2.32. The van der Waals surface area contributed by atoms with E-state index in [-0.39, 0.29) is 18.6 Å². The molecule has 1 saturated heterocycles. The smallest absolute Gasteiger partial charge is 0.317 e. The first-order chi connectivity index (χ1) is 13.6. The fraction of sp³-hybridized carbons (Fsp3) is 0.474. The van der Waals surface area contributed by atoms with E-state index in [9.17, 15) is 9.90 Å². The van der Waals surface area contributed by atoms with Crippen molar-refractivity contribution in [2.45, 2.75) is 31.9 Å². The van der Waals surface area contributed by atoms with Crippen molar-refractivity contribution in [1.29, 1.82) is 0 Å². The van der Waals surface area contributed by atoms with E-state index >= 15 is 0 Å². The number of fused-ring (bicyclic) bond motifs is 1. The molecule has 0 spiro atoms. The Morgan fingerprint density at radius 1 is 1.21 bits per heavy atom. The second-order valence-electron chi connectivity index (χ2n) is 7.21. The van der Waals surface area contributed by atoms with E-state index in [0.29, 0.717) is 18.9 Å². The molecule has 4 rings (SSSR count). The minimum Gasteiger partial charge on any atom is -0.388 e. The van der Waals surface area contributed by atoms with Gasteiger partial charge < -0.3 is 24.5 Å². The minimum absolute atomic E-state index is 0.0960. The first kappa shape index (κ1) is 18.4. The molecule has 0 radical (unpaired) electrons. The first-order valence-corrected chi connectivity index (χ1v) is 9.50. The van der Waals surface area contributed by atoms with Gasteiger partial charge in [0.15, 0.2) is 5.82 Å². The van der Waals surface area contributed by atoms with Gasteiger partial charge in [0.05, 0.1) is 17.6 Å². The van der Waals surface area contributed by atoms with Crippen LogP contribution in [0.1, 0.15) is 36.2 Å². The fourth-order valence-electron chi connectivity index (χ4n) is 3.86. The largest absolute Gasteiger partial charge is 0.388 e. The molecular weight excluding hydrogens is 358 g/mol. The number of benzene rings is 1. The van der Waals surface area contributed by atoms with Crippen molar-refractivity contribution in [2.24, 2.45) is 14.1 Å². The second-order valence-corrected chi connectivity index (χ2v) is 7.21. The zero-order valence-electron chi connectivity index (χ0n) is 16.2. The molecule has 0 bridgehead atoms. The lowest BCUT2D eigenvalue weighted by atomic mass is 9.97. The number of carbonyl (C=O) groups excluding carboxylic acids is 1. The van der Waals surface area contributed by atoms with E-state index < -0.39 is 0 Å². The fourth-order valence-corrected chi connectivity index (χ4v) is 3.86.